The van der Waals surface area contributed by atoms with E-state index in [1.807, 2.05) is 0 Å². The first-order chi connectivity index (χ1) is 9.01. The minimum absolute atomic E-state index is 0.288. The van der Waals surface area contributed by atoms with Crippen molar-refractivity contribution in [1.29, 1.82) is 0 Å². The second kappa shape index (κ2) is 5.87. The molecule has 2 rings (SSSR count). The third-order valence-electron chi connectivity index (χ3n) is 3.90. The van der Waals surface area contributed by atoms with Crippen LogP contribution >= 0.6 is 0 Å². The van der Waals surface area contributed by atoms with Crippen LogP contribution in [-0.4, -0.2) is 25.2 Å². The molecule has 2 atom stereocenters. The van der Waals surface area contributed by atoms with E-state index in [0.29, 0.717) is 17.6 Å². The molecule has 1 aromatic carbocycles. The summed E-state index contributed by atoms with van der Waals surface area (Å²) in [5.41, 5.74) is 0.650. The number of rotatable bonds is 3. The lowest BCUT2D eigenvalue weighted by Crippen LogP contribution is -2.58. The normalized spacial score (nSPS) is 24.0. The van der Waals surface area contributed by atoms with Gasteiger partial charge in [-0.25, -0.2) is 8.78 Å². The van der Waals surface area contributed by atoms with E-state index in [4.69, 9.17) is 0 Å². The second-order valence-electron chi connectivity index (χ2n) is 5.60. The van der Waals surface area contributed by atoms with Crippen molar-refractivity contribution in [3.63, 3.8) is 0 Å². The van der Waals surface area contributed by atoms with Crippen LogP contribution in [-0.2, 0) is 0 Å². The molecule has 1 aliphatic rings. The smallest absolute Gasteiger partial charge is 0.128 e. The maximum atomic E-state index is 13.4. The minimum atomic E-state index is -0.510. The van der Waals surface area contributed by atoms with Crippen LogP contribution in [0, 0.1) is 17.6 Å². The fraction of sp³-hybridized carbons (Fsp3) is 0.600. The number of piperazine rings is 1. The summed E-state index contributed by atoms with van der Waals surface area (Å²) < 4.78 is 26.8. The zero-order valence-electron chi connectivity index (χ0n) is 11.8. The Hall–Kier alpha value is -1.16. The fourth-order valence-electron chi connectivity index (χ4n) is 2.66. The molecule has 0 radical (unpaired) electrons. The van der Waals surface area contributed by atoms with Crippen LogP contribution in [0.15, 0.2) is 18.2 Å². The van der Waals surface area contributed by atoms with Crippen molar-refractivity contribution in [3.05, 3.63) is 29.8 Å². The third-order valence-corrected chi connectivity index (χ3v) is 3.90. The fourth-order valence-corrected chi connectivity index (χ4v) is 2.66. The third kappa shape index (κ3) is 3.24. The molecule has 2 unspecified atom stereocenters. The van der Waals surface area contributed by atoms with E-state index >= 15 is 0 Å². The van der Waals surface area contributed by atoms with Gasteiger partial charge in [0.15, 0.2) is 0 Å². The van der Waals surface area contributed by atoms with E-state index in [-0.39, 0.29) is 6.04 Å². The number of anilines is 1. The average molecular weight is 268 g/mol. The van der Waals surface area contributed by atoms with E-state index < -0.39 is 11.6 Å². The number of hydrogen-bond acceptors (Lipinski definition) is 2. The number of halogens is 2. The molecule has 0 aromatic heterocycles. The van der Waals surface area contributed by atoms with E-state index in [0.717, 1.165) is 25.6 Å². The first-order valence-electron chi connectivity index (χ1n) is 6.97. The van der Waals surface area contributed by atoms with Gasteiger partial charge in [-0.15, -0.1) is 0 Å². The average Bonchev–Trinajstić information content (AvgIpc) is 2.36. The van der Waals surface area contributed by atoms with Crippen molar-refractivity contribution in [2.24, 2.45) is 5.92 Å². The molecule has 0 spiro atoms. The molecule has 0 amide bonds. The molecule has 1 N–H and O–H groups in total. The van der Waals surface area contributed by atoms with Gasteiger partial charge in [-0.1, -0.05) is 20.8 Å². The van der Waals surface area contributed by atoms with Gasteiger partial charge in [0, 0.05) is 36.9 Å². The largest absolute Gasteiger partial charge is 0.366 e. The van der Waals surface area contributed by atoms with Crippen molar-refractivity contribution in [2.75, 3.05) is 18.0 Å². The molecule has 19 heavy (non-hydrogen) atoms. The van der Waals surface area contributed by atoms with Crippen molar-refractivity contribution < 1.29 is 8.78 Å². The Morgan fingerprint density at radius 3 is 2.42 bits per heavy atom. The summed E-state index contributed by atoms with van der Waals surface area (Å²) in [6.45, 7) is 8.07. The maximum absolute atomic E-state index is 13.4. The highest BCUT2D eigenvalue weighted by atomic mass is 19.1. The molecular formula is C15H22F2N2. The van der Waals surface area contributed by atoms with Gasteiger partial charge in [0.05, 0.1) is 0 Å². The summed E-state index contributed by atoms with van der Waals surface area (Å²) in [6, 6.07) is 4.42. The molecule has 1 saturated heterocycles. The van der Waals surface area contributed by atoms with Crippen LogP contribution < -0.4 is 10.2 Å². The lowest BCUT2D eigenvalue weighted by Gasteiger charge is -2.43. The lowest BCUT2D eigenvalue weighted by atomic mass is 9.98. The highest BCUT2D eigenvalue weighted by molar-refractivity contribution is 5.49. The number of nitrogens with one attached hydrogen (secondary N) is 1. The highest BCUT2D eigenvalue weighted by Gasteiger charge is 2.28. The lowest BCUT2D eigenvalue weighted by molar-refractivity contribution is 0.325. The summed E-state index contributed by atoms with van der Waals surface area (Å²) in [7, 11) is 0. The quantitative estimate of drug-likeness (QED) is 0.905. The molecule has 1 heterocycles. The van der Waals surface area contributed by atoms with Gasteiger partial charge in [0.1, 0.15) is 11.6 Å². The van der Waals surface area contributed by atoms with Crippen molar-refractivity contribution >= 4 is 5.69 Å². The minimum Gasteiger partial charge on any atom is -0.366 e. The van der Waals surface area contributed by atoms with E-state index in [9.17, 15) is 8.78 Å². The van der Waals surface area contributed by atoms with Crippen molar-refractivity contribution in [3.8, 4) is 0 Å². The van der Waals surface area contributed by atoms with Crippen LogP contribution in [0.4, 0.5) is 14.5 Å². The Kier molecular flexibility index (Phi) is 4.40. The zero-order valence-corrected chi connectivity index (χ0v) is 11.8. The van der Waals surface area contributed by atoms with Gasteiger partial charge in [0.2, 0.25) is 0 Å². The van der Waals surface area contributed by atoms with Crippen LogP contribution in [0.2, 0.25) is 0 Å². The van der Waals surface area contributed by atoms with E-state index in [1.165, 1.54) is 12.1 Å². The number of benzene rings is 1. The first kappa shape index (κ1) is 14.3. The first-order valence-corrected chi connectivity index (χ1v) is 6.97. The predicted molar refractivity (Wildman–Crippen MR) is 74.4 cm³/mol. The summed E-state index contributed by atoms with van der Waals surface area (Å²) in [4.78, 5) is 2.13. The zero-order chi connectivity index (χ0) is 14.0. The van der Waals surface area contributed by atoms with Gasteiger partial charge < -0.3 is 10.2 Å². The van der Waals surface area contributed by atoms with Crippen LogP contribution in [0.25, 0.3) is 0 Å². The van der Waals surface area contributed by atoms with Gasteiger partial charge in [-0.05, 0) is 24.5 Å². The van der Waals surface area contributed by atoms with Crippen LogP contribution in [0.3, 0.4) is 0 Å². The van der Waals surface area contributed by atoms with E-state index in [1.54, 1.807) is 0 Å². The summed E-state index contributed by atoms with van der Waals surface area (Å²) in [5, 5.41) is 3.52. The second-order valence-corrected chi connectivity index (χ2v) is 5.60. The summed E-state index contributed by atoms with van der Waals surface area (Å²) >= 11 is 0. The Labute approximate surface area is 113 Å². The standard InChI is InChI=1S/C15H22F2N2/c1-4-13-8-18-15(10(2)3)9-19(13)14-6-11(16)5-12(17)7-14/h5-7,10,13,15,18H,4,8-9H2,1-3H3. The molecule has 1 fully saturated rings. The molecule has 4 heteroatoms. The van der Waals surface area contributed by atoms with Crippen LogP contribution in [0.1, 0.15) is 27.2 Å². The Morgan fingerprint density at radius 1 is 1.26 bits per heavy atom. The summed E-state index contributed by atoms with van der Waals surface area (Å²) in [5.74, 6) is -0.521. The van der Waals surface area contributed by atoms with Gasteiger partial charge >= 0.3 is 0 Å². The van der Waals surface area contributed by atoms with E-state index in [2.05, 4.69) is 31.0 Å². The monoisotopic (exact) mass is 268 g/mol. The molecule has 0 bridgehead atoms. The maximum Gasteiger partial charge on any atom is 0.128 e. The molecule has 2 nitrogen and oxygen atoms in total. The van der Waals surface area contributed by atoms with Gasteiger partial charge in [0.25, 0.3) is 0 Å². The Bertz CT molecular complexity index is 414. The molecule has 0 aliphatic carbocycles. The molecular weight excluding hydrogens is 246 g/mol. The molecule has 1 aliphatic heterocycles. The SMILES string of the molecule is CCC1CNC(C(C)C)CN1c1cc(F)cc(F)c1. The van der Waals surface area contributed by atoms with Crippen molar-refractivity contribution in [1.82, 2.24) is 5.32 Å². The number of nitrogens with zero attached hydrogens (tertiary/aromatic N) is 1. The number of hydrogen-bond donors (Lipinski definition) is 1. The Morgan fingerprint density at radius 2 is 1.89 bits per heavy atom. The summed E-state index contributed by atoms with van der Waals surface area (Å²) in [6.07, 6.45) is 0.954. The Balaban J connectivity index is 2.26. The topological polar surface area (TPSA) is 15.3 Å². The predicted octanol–water partition coefficient (Wildman–Crippen LogP) is 3.18. The van der Waals surface area contributed by atoms with Gasteiger partial charge in [-0.2, -0.15) is 0 Å². The van der Waals surface area contributed by atoms with Gasteiger partial charge in [-0.3, -0.25) is 0 Å². The molecule has 0 saturated carbocycles. The highest BCUT2D eigenvalue weighted by Crippen LogP contribution is 2.25. The van der Waals surface area contributed by atoms with Crippen molar-refractivity contribution in [2.45, 2.75) is 39.3 Å². The molecule has 106 valence electrons. The molecule has 1 aromatic rings. The van der Waals surface area contributed by atoms with Crippen LogP contribution in [0.5, 0.6) is 0 Å².